The van der Waals surface area contributed by atoms with Gasteiger partial charge in [-0.2, -0.15) is 0 Å². The van der Waals surface area contributed by atoms with Gasteiger partial charge in [0.2, 0.25) is 0 Å². The van der Waals surface area contributed by atoms with Gasteiger partial charge >= 0.3 is 0 Å². The Kier molecular flexibility index (Phi) is 8.47. The van der Waals surface area contributed by atoms with Crippen molar-refractivity contribution in [3.05, 3.63) is 12.7 Å². The molecule has 0 aliphatic rings. The minimum atomic E-state index is -1.62. The van der Waals surface area contributed by atoms with Crippen LogP contribution in [0.3, 0.4) is 0 Å². The van der Waals surface area contributed by atoms with Crippen LogP contribution in [0, 0.1) is 17.4 Å². The molecular formula is C18H34OSi. The summed E-state index contributed by atoms with van der Waals surface area (Å²) in [6.45, 7) is 19.8. The zero-order valence-electron chi connectivity index (χ0n) is 14.5. The van der Waals surface area contributed by atoms with Gasteiger partial charge in [-0.3, -0.25) is 0 Å². The van der Waals surface area contributed by atoms with Crippen LogP contribution in [0.25, 0.3) is 0 Å². The van der Waals surface area contributed by atoms with E-state index < -0.39 is 8.07 Å². The summed E-state index contributed by atoms with van der Waals surface area (Å²) in [6, 6.07) is 0. The highest BCUT2D eigenvalue weighted by Gasteiger charge is 2.41. The van der Waals surface area contributed by atoms with Crippen LogP contribution in [-0.4, -0.2) is 19.3 Å². The molecule has 1 N–H and O–H groups in total. The third-order valence-corrected chi connectivity index (χ3v) is 10.8. The van der Waals surface area contributed by atoms with Gasteiger partial charge in [0.1, 0.15) is 8.07 Å². The van der Waals surface area contributed by atoms with E-state index in [1.54, 1.807) is 6.08 Å². The van der Waals surface area contributed by atoms with Gasteiger partial charge in [-0.25, -0.2) is 0 Å². The molecule has 0 rings (SSSR count). The summed E-state index contributed by atoms with van der Waals surface area (Å²) in [5.74, 6) is 3.73. The molecule has 0 fully saturated rings. The Morgan fingerprint density at radius 3 is 1.80 bits per heavy atom. The second-order valence-electron chi connectivity index (χ2n) is 6.98. The minimum absolute atomic E-state index is 0.257. The van der Waals surface area contributed by atoms with E-state index in [4.69, 9.17) is 0 Å². The zero-order chi connectivity index (χ0) is 15.9. The largest absolute Gasteiger partial charge is 0.393 e. The fourth-order valence-corrected chi connectivity index (χ4v) is 8.80. The molecule has 0 aromatic rings. The molecule has 2 atom stereocenters. The first-order chi connectivity index (χ1) is 9.18. The van der Waals surface area contributed by atoms with Gasteiger partial charge in [0.05, 0.1) is 6.10 Å². The normalized spacial score (nSPS) is 15.2. The monoisotopic (exact) mass is 294 g/mol. The van der Waals surface area contributed by atoms with Crippen LogP contribution in [0.15, 0.2) is 12.7 Å². The number of hydrogen-bond acceptors (Lipinski definition) is 1. The molecule has 0 aromatic carbocycles. The van der Waals surface area contributed by atoms with Gasteiger partial charge in [0.25, 0.3) is 0 Å². The summed E-state index contributed by atoms with van der Waals surface area (Å²) in [7, 11) is -1.62. The predicted octanol–water partition coefficient (Wildman–Crippen LogP) is 5.17. The highest BCUT2D eigenvalue weighted by atomic mass is 28.3. The first kappa shape index (κ1) is 19.5. The third-order valence-electron chi connectivity index (χ3n) is 4.47. The Morgan fingerprint density at radius 2 is 1.45 bits per heavy atom. The van der Waals surface area contributed by atoms with Crippen LogP contribution < -0.4 is 0 Å². The van der Waals surface area contributed by atoms with Gasteiger partial charge in [0, 0.05) is 5.92 Å². The van der Waals surface area contributed by atoms with Gasteiger partial charge in [0.15, 0.2) is 0 Å². The Hall–Kier alpha value is -0.523. The van der Waals surface area contributed by atoms with Gasteiger partial charge in [-0.1, -0.05) is 54.5 Å². The van der Waals surface area contributed by atoms with E-state index in [-0.39, 0.29) is 12.0 Å². The van der Waals surface area contributed by atoms with Crippen molar-refractivity contribution in [2.24, 2.45) is 5.92 Å². The topological polar surface area (TPSA) is 20.2 Å². The Morgan fingerprint density at radius 1 is 1.00 bits per heavy atom. The molecule has 0 saturated heterocycles. The lowest BCUT2D eigenvalue weighted by Crippen LogP contribution is -2.43. The van der Waals surface area contributed by atoms with Gasteiger partial charge in [-0.05, 0) is 29.5 Å². The number of rotatable bonds is 7. The molecule has 116 valence electrons. The maximum Gasteiger partial charge on any atom is 0.145 e. The molecule has 0 spiro atoms. The van der Waals surface area contributed by atoms with Crippen molar-refractivity contribution in [2.45, 2.75) is 84.0 Å². The first-order valence-electron chi connectivity index (χ1n) is 8.00. The van der Waals surface area contributed by atoms with E-state index in [9.17, 15) is 5.11 Å². The van der Waals surface area contributed by atoms with Crippen molar-refractivity contribution in [1.29, 1.82) is 0 Å². The van der Waals surface area contributed by atoms with Crippen LogP contribution in [0.4, 0.5) is 0 Å². The van der Waals surface area contributed by atoms with Crippen LogP contribution in [-0.2, 0) is 0 Å². The summed E-state index contributed by atoms with van der Waals surface area (Å²) < 4.78 is 0. The van der Waals surface area contributed by atoms with Crippen molar-refractivity contribution in [3.63, 3.8) is 0 Å². The van der Waals surface area contributed by atoms with Crippen molar-refractivity contribution >= 4 is 8.07 Å². The van der Waals surface area contributed by atoms with E-state index in [0.29, 0.717) is 23.0 Å². The van der Waals surface area contributed by atoms with Crippen LogP contribution >= 0.6 is 0 Å². The fourth-order valence-electron chi connectivity index (χ4n) is 3.44. The molecule has 2 heteroatoms. The summed E-state index contributed by atoms with van der Waals surface area (Å²) in [4.78, 5) is 0. The molecule has 0 aliphatic carbocycles. The quantitative estimate of drug-likeness (QED) is 0.390. The molecule has 0 unspecified atom stereocenters. The molecule has 20 heavy (non-hydrogen) atoms. The molecule has 0 aliphatic heterocycles. The third kappa shape index (κ3) is 5.11. The van der Waals surface area contributed by atoms with Crippen LogP contribution in [0.2, 0.25) is 16.6 Å². The lowest BCUT2D eigenvalue weighted by atomic mass is 10.0. The fraction of sp³-hybridized carbons (Fsp3) is 0.778. The summed E-state index contributed by atoms with van der Waals surface area (Å²) >= 11 is 0. The molecule has 0 bridgehead atoms. The average molecular weight is 295 g/mol. The molecule has 0 heterocycles. The van der Waals surface area contributed by atoms with Crippen molar-refractivity contribution in [3.8, 4) is 11.5 Å². The Balaban J connectivity index is 5.10. The molecule has 0 saturated carbocycles. The van der Waals surface area contributed by atoms with E-state index in [1.807, 2.05) is 0 Å². The maximum absolute atomic E-state index is 9.85. The summed E-state index contributed by atoms with van der Waals surface area (Å²) in [5, 5.41) is 9.85. The van der Waals surface area contributed by atoms with E-state index in [1.165, 1.54) is 0 Å². The Bertz CT molecular complexity index is 324. The van der Waals surface area contributed by atoms with Crippen LogP contribution in [0.1, 0.15) is 61.3 Å². The zero-order valence-corrected chi connectivity index (χ0v) is 15.5. The number of aliphatic hydroxyl groups is 1. The van der Waals surface area contributed by atoms with Crippen LogP contribution in [0.5, 0.6) is 0 Å². The molecule has 0 aromatic heterocycles. The Labute approximate surface area is 127 Å². The van der Waals surface area contributed by atoms with Crippen molar-refractivity contribution in [2.75, 3.05) is 0 Å². The maximum atomic E-state index is 9.85. The lowest BCUT2D eigenvalue weighted by molar-refractivity contribution is 0.157. The molecule has 1 nitrogen and oxygen atoms in total. The molecule has 0 amide bonds. The molecule has 0 radical (unpaired) electrons. The highest BCUT2D eigenvalue weighted by molar-refractivity contribution is 6.90. The number of hydrogen-bond donors (Lipinski definition) is 1. The predicted molar refractivity (Wildman–Crippen MR) is 93.4 cm³/mol. The van der Waals surface area contributed by atoms with E-state index >= 15 is 0 Å². The summed E-state index contributed by atoms with van der Waals surface area (Å²) in [5.41, 5.74) is 5.73. The highest BCUT2D eigenvalue weighted by Crippen LogP contribution is 2.40. The van der Waals surface area contributed by atoms with Gasteiger partial charge in [-0.15, -0.1) is 18.0 Å². The SMILES string of the molecule is C=CC[C@@H](O)C[C@@H](C)C#C[Si](C(C)C)(C(C)C)C(C)C. The van der Waals surface area contributed by atoms with E-state index in [0.717, 1.165) is 6.42 Å². The minimum Gasteiger partial charge on any atom is -0.393 e. The average Bonchev–Trinajstić information content (AvgIpc) is 2.28. The second kappa shape index (κ2) is 8.69. The lowest BCUT2D eigenvalue weighted by Gasteiger charge is -2.38. The van der Waals surface area contributed by atoms with Gasteiger partial charge < -0.3 is 5.11 Å². The standard InChI is InChI=1S/C18H34OSi/c1-9-10-18(19)13-17(8)11-12-20(14(2)3,15(4)5)16(6)7/h9,14-19H,1,10,13H2,2-8H3/t17-,18+/m0/s1. The smallest absolute Gasteiger partial charge is 0.145 e. The molecular weight excluding hydrogens is 260 g/mol. The second-order valence-corrected chi connectivity index (χ2v) is 12.6. The number of aliphatic hydroxyl groups excluding tert-OH is 1. The van der Waals surface area contributed by atoms with Crippen molar-refractivity contribution in [1.82, 2.24) is 0 Å². The first-order valence-corrected chi connectivity index (χ1v) is 10.2. The summed E-state index contributed by atoms with van der Waals surface area (Å²) in [6.07, 6.45) is 2.88. The van der Waals surface area contributed by atoms with Crippen molar-refractivity contribution < 1.29 is 5.11 Å². The van der Waals surface area contributed by atoms with E-state index in [2.05, 4.69) is 66.5 Å².